The maximum Gasteiger partial charge on any atom is 0.255 e. The van der Waals surface area contributed by atoms with Gasteiger partial charge in [0, 0.05) is 23.9 Å². The number of anilines is 2. The Balaban J connectivity index is 1.63. The highest BCUT2D eigenvalue weighted by atomic mass is 16.5. The van der Waals surface area contributed by atoms with Crippen LogP contribution in [0.3, 0.4) is 0 Å². The summed E-state index contributed by atoms with van der Waals surface area (Å²) in [5, 5.41) is 5.64. The molecule has 0 aliphatic heterocycles. The number of amides is 2. The van der Waals surface area contributed by atoms with Crippen LogP contribution in [-0.4, -0.2) is 26.0 Å². The molecule has 0 radical (unpaired) electrons. The van der Waals surface area contributed by atoms with Gasteiger partial charge in [0.2, 0.25) is 0 Å². The van der Waals surface area contributed by atoms with E-state index in [4.69, 9.17) is 9.47 Å². The Morgan fingerprint density at radius 1 is 0.759 bits per heavy atom. The fourth-order valence-corrected chi connectivity index (χ4v) is 2.77. The average molecular weight is 390 g/mol. The molecule has 0 spiro atoms. The summed E-state index contributed by atoms with van der Waals surface area (Å²) in [5.74, 6) is 0.0996. The van der Waals surface area contributed by atoms with Crippen molar-refractivity contribution in [2.24, 2.45) is 0 Å². The third-order valence-corrected chi connectivity index (χ3v) is 4.29. The monoisotopic (exact) mass is 390 g/mol. The molecule has 2 amide bonds. The van der Waals surface area contributed by atoms with Gasteiger partial charge in [0.15, 0.2) is 0 Å². The molecule has 148 valence electrons. The third kappa shape index (κ3) is 5.21. The summed E-state index contributed by atoms with van der Waals surface area (Å²) >= 11 is 0. The number of para-hydroxylation sites is 2. The number of hydrogen-bond acceptors (Lipinski definition) is 4. The molecule has 0 unspecified atom stereocenters. The van der Waals surface area contributed by atoms with E-state index >= 15 is 0 Å². The molecule has 0 heterocycles. The van der Waals surface area contributed by atoms with Crippen LogP contribution < -0.4 is 15.4 Å². The van der Waals surface area contributed by atoms with Crippen molar-refractivity contribution in [3.8, 4) is 5.75 Å². The van der Waals surface area contributed by atoms with Gasteiger partial charge in [-0.05, 0) is 54.1 Å². The summed E-state index contributed by atoms with van der Waals surface area (Å²) in [6.07, 6.45) is 0. The highest BCUT2D eigenvalue weighted by molar-refractivity contribution is 6.06. The Morgan fingerprint density at radius 3 is 1.97 bits per heavy atom. The molecule has 2 N–H and O–H groups in total. The second kappa shape index (κ2) is 9.52. The van der Waals surface area contributed by atoms with Crippen LogP contribution in [0.2, 0.25) is 0 Å². The van der Waals surface area contributed by atoms with Crippen LogP contribution in [0.15, 0.2) is 72.8 Å². The number of methoxy groups -OCH3 is 2. The molecule has 3 rings (SSSR count). The zero-order chi connectivity index (χ0) is 20.6. The first kappa shape index (κ1) is 20.1. The van der Waals surface area contributed by atoms with Crippen molar-refractivity contribution in [1.82, 2.24) is 0 Å². The second-order valence-corrected chi connectivity index (χ2v) is 6.32. The number of hydrogen-bond donors (Lipinski definition) is 2. The molecule has 29 heavy (non-hydrogen) atoms. The Hall–Kier alpha value is -3.64. The lowest BCUT2D eigenvalue weighted by Gasteiger charge is -2.10. The summed E-state index contributed by atoms with van der Waals surface area (Å²) in [4.78, 5) is 24.8. The quantitative estimate of drug-likeness (QED) is 0.629. The van der Waals surface area contributed by atoms with Gasteiger partial charge in [-0.1, -0.05) is 24.3 Å². The summed E-state index contributed by atoms with van der Waals surface area (Å²) in [6, 6.07) is 21.1. The molecule has 0 aromatic heterocycles. The first-order valence-electron chi connectivity index (χ1n) is 9.04. The molecule has 3 aromatic rings. The first-order valence-corrected chi connectivity index (χ1v) is 9.04. The number of rotatable bonds is 7. The summed E-state index contributed by atoms with van der Waals surface area (Å²) in [5.41, 5.74) is 3.20. The van der Waals surface area contributed by atoms with E-state index in [0.29, 0.717) is 34.9 Å². The van der Waals surface area contributed by atoms with Crippen LogP contribution in [-0.2, 0) is 11.3 Å². The largest absolute Gasteiger partial charge is 0.495 e. The first-order chi connectivity index (χ1) is 14.1. The number of nitrogens with one attached hydrogen (secondary N) is 2. The molecule has 3 aromatic carbocycles. The maximum absolute atomic E-state index is 12.5. The van der Waals surface area contributed by atoms with Crippen molar-refractivity contribution in [2.75, 3.05) is 24.9 Å². The van der Waals surface area contributed by atoms with Crippen LogP contribution in [0.4, 0.5) is 11.4 Å². The number of carbonyl (C=O) groups is 2. The van der Waals surface area contributed by atoms with Crippen molar-refractivity contribution in [3.63, 3.8) is 0 Å². The molecule has 0 bridgehead atoms. The fraction of sp³-hybridized carbons (Fsp3) is 0.130. The lowest BCUT2D eigenvalue weighted by Crippen LogP contribution is -2.14. The average Bonchev–Trinajstić information content (AvgIpc) is 2.75. The Morgan fingerprint density at radius 2 is 1.34 bits per heavy atom. The molecule has 6 nitrogen and oxygen atoms in total. The molecular formula is C23H22N2O4. The van der Waals surface area contributed by atoms with Gasteiger partial charge in [0.05, 0.1) is 19.4 Å². The standard InChI is InChI=1S/C23H22N2O4/c1-28-15-16-7-9-17(10-8-16)22(26)24-19-13-11-18(12-14-19)23(27)25-20-5-3-4-6-21(20)29-2/h3-14H,15H2,1-2H3,(H,24,26)(H,25,27). The third-order valence-electron chi connectivity index (χ3n) is 4.29. The maximum atomic E-state index is 12.5. The topological polar surface area (TPSA) is 76.7 Å². The van der Waals surface area contributed by atoms with E-state index in [9.17, 15) is 9.59 Å². The minimum Gasteiger partial charge on any atom is -0.495 e. The van der Waals surface area contributed by atoms with E-state index in [-0.39, 0.29) is 11.8 Å². The van der Waals surface area contributed by atoms with Crippen molar-refractivity contribution in [2.45, 2.75) is 6.61 Å². The van der Waals surface area contributed by atoms with Gasteiger partial charge >= 0.3 is 0 Å². The summed E-state index contributed by atoms with van der Waals surface area (Å²) in [6.45, 7) is 0.500. The predicted octanol–water partition coefficient (Wildman–Crippen LogP) is 4.35. The van der Waals surface area contributed by atoms with Crippen molar-refractivity contribution in [3.05, 3.63) is 89.5 Å². The highest BCUT2D eigenvalue weighted by Gasteiger charge is 2.10. The number of carbonyl (C=O) groups excluding carboxylic acids is 2. The van der Waals surface area contributed by atoms with Gasteiger partial charge in [-0.2, -0.15) is 0 Å². The molecule has 6 heteroatoms. The van der Waals surface area contributed by atoms with Gasteiger partial charge in [0.1, 0.15) is 5.75 Å². The van der Waals surface area contributed by atoms with E-state index in [1.807, 2.05) is 24.3 Å². The predicted molar refractivity (Wildman–Crippen MR) is 112 cm³/mol. The van der Waals surface area contributed by atoms with Crippen LogP contribution in [0.5, 0.6) is 5.75 Å². The van der Waals surface area contributed by atoms with Crippen molar-refractivity contribution < 1.29 is 19.1 Å². The molecule has 0 saturated carbocycles. The smallest absolute Gasteiger partial charge is 0.255 e. The zero-order valence-electron chi connectivity index (χ0n) is 16.3. The molecule has 0 fully saturated rings. The van der Waals surface area contributed by atoms with E-state index < -0.39 is 0 Å². The Labute approximate surface area is 169 Å². The molecule has 0 aliphatic carbocycles. The van der Waals surface area contributed by atoms with Gasteiger partial charge < -0.3 is 20.1 Å². The highest BCUT2D eigenvalue weighted by Crippen LogP contribution is 2.24. The minimum absolute atomic E-state index is 0.222. The van der Waals surface area contributed by atoms with Crippen LogP contribution in [0, 0.1) is 0 Å². The molecule has 0 aliphatic rings. The Kier molecular flexibility index (Phi) is 6.60. The number of benzene rings is 3. The Bertz CT molecular complexity index is 983. The van der Waals surface area contributed by atoms with Crippen LogP contribution in [0.25, 0.3) is 0 Å². The van der Waals surface area contributed by atoms with Gasteiger partial charge in [-0.15, -0.1) is 0 Å². The van der Waals surface area contributed by atoms with E-state index in [0.717, 1.165) is 5.56 Å². The van der Waals surface area contributed by atoms with Gasteiger partial charge in [-0.3, -0.25) is 9.59 Å². The zero-order valence-corrected chi connectivity index (χ0v) is 16.3. The van der Waals surface area contributed by atoms with Gasteiger partial charge in [0.25, 0.3) is 11.8 Å². The van der Waals surface area contributed by atoms with Gasteiger partial charge in [-0.25, -0.2) is 0 Å². The van der Waals surface area contributed by atoms with E-state index in [2.05, 4.69) is 10.6 Å². The molecule has 0 saturated heterocycles. The normalized spacial score (nSPS) is 10.3. The second-order valence-electron chi connectivity index (χ2n) is 6.32. The molecule has 0 atom stereocenters. The van der Waals surface area contributed by atoms with Crippen molar-refractivity contribution in [1.29, 1.82) is 0 Å². The number of ether oxygens (including phenoxy) is 2. The summed E-state index contributed by atoms with van der Waals surface area (Å²) < 4.78 is 10.3. The SMILES string of the molecule is COCc1ccc(C(=O)Nc2ccc(C(=O)Nc3ccccc3OC)cc2)cc1. The summed E-state index contributed by atoms with van der Waals surface area (Å²) in [7, 11) is 3.18. The fourth-order valence-electron chi connectivity index (χ4n) is 2.77. The minimum atomic E-state index is -0.263. The van der Waals surface area contributed by atoms with Crippen LogP contribution >= 0.6 is 0 Å². The lowest BCUT2D eigenvalue weighted by atomic mass is 10.1. The van der Waals surface area contributed by atoms with E-state index in [1.165, 1.54) is 0 Å². The van der Waals surface area contributed by atoms with E-state index in [1.54, 1.807) is 62.8 Å². The lowest BCUT2D eigenvalue weighted by molar-refractivity contribution is 0.101. The molecular weight excluding hydrogens is 368 g/mol. The van der Waals surface area contributed by atoms with Crippen molar-refractivity contribution >= 4 is 23.2 Å². The van der Waals surface area contributed by atoms with Crippen LogP contribution in [0.1, 0.15) is 26.3 Å².